The molecule has 0 unspecified atom stereocenters. The molecule has 0 saturated carbocycles. The lowest BCUT2D eigenvalue weighted by Gasteiger charge is -2.24. The number of halogens is 1. The number of benzene rings is 2. The van der Waals surface area contributed by atoms with Crippen LogP contribution in [0.1, 0.15) is 31.9 Å². The van der Waals surface area contributed by atoms with E-state index in [1.165, 1.54) is 29.2 Å². The summed E-state index contributed by atoms with van der Waals surface area (Å²) in [6.07, 6.45) is -0.471. The quantitative estimate of drug-likeness (QED) is 0.578. The molecule has 0 radical (unpaired) electrons. The minimum atomic E-state index is -0.627. The van der Waals surface area contributed by atoms with Crippen LogP contribution in [-0.4, -0.2) is 21.5 Å². The second kappa shape index (κ2) is 6.40. The zero-order valence-electron chi connectivity index (χ0n) is 14.8. The number of carbonyl (C=O) groups is 1. The van der Waals surface area contributed by atoms with Crippen LogP contribution in [0.2, 0.25) is 0 Å². The molecular formula is C19H19FN2O4. The average Bonchev–Trinajstić information content (AvgIpc) is 2.97. The maximum Gasteiger partial charge on any atom is 0.410 e. The lowest BCUT2D eigenvalue weighted by molar-refractivity contribution is -0.384. The molecule has 3 rings (SSSR count). The largest absolute Gasteiger partial charge is 0.444 e. The second-order valence-electron chi connectivity index (χ2n) is 7.23. The van der Waals surface area contributed by atoms with Crippen LogP contribution in [0.5, 0.6) is 0 Å². The van der Waals surface area contributed by atoms with Crippen LogP contribution in [0.25, 0.3) is 11.1 Å². The highest BCUT2D eigenvalue weighted by Crippen LogP contribution is 2.36. The van der Waals surface area contributed by atoms with Crippen molar-refractivity contribution in [3.05, 3.63) is 63.5 Å². The van der Waals surface area contributed by atoms with Gasteiger partial charge in [0.05, 0.1) is 11.5 Å². The van der Waals surface area contributed by atoms with Gasteiger partial charge in [0, 0.05) is 18.7 Å². The number of nitro benzene ring substituents is 1. The molecule has 2 aromatic rings. The summed E-state index contributed by atoms with van der Waals surface area (Å²) in [5.41, 5.74) is 2.11. The molecule has 6 nitrogen and oxygen atoms in total. The van der Waals surface area contributed by atoms with E-state index in [-0.39, 0.29) is 24.6 Å². The molecule has 0 saturated heterocycles. The Balaban J connectivity index is 2.00. The van der Waals surface area contributed by atoms with Crippen LogP contribution in [-0.2, 0) is 17.8 Å². The summed E-state index contributed by atoms with van der Waals surface area (Å²) in [7, 11) is 0. The van der Waals surface area contributed by atoms with E-state index in [2.05, 4.69) is 0 Å². The molecule has 0 aromatic heterocycles. The van der Waals surface area contributed by atoms with Crippen molar-refractivity contribution in [1.82, 2.24) is 4.90 Å². The molecule has 1 heterocycles. The fourth-order valence-corrected chi connectivity index (χ4v) is 2.94. The van der Waals surface area contributed by atoms with Gasteiger partial charge in [-0.2, -0.15) is 0 Å². The highest BCUT2D eigenvalue weighted by Gasteiger charge is 2.31. The van der Waals surface area contributed by atoms with Gasteiger partial charge in [-0.05, 0) is 55.2 Å². The van der Waals surface area contributed by atoms with E-state index in [1.54, 1.807) is 32.9 Å². The smallest absolute Gasteiger partial charge is 0.410 e. The monoisotopic (exact) mass is 358 g/mol. The minimum absolute atomic E-state index is 0.0610. The number of rotatable bonds is 2. The van der Waals surface area contributed by atoms with Crippen molar-refractivity contribution in [1.29, 1.82) is 0 Å². The summed E-state index contributed by atoms with van der Waals surface area (Å²) in [4.78, 5) is 24.7. The minimum Gasteiger partial charge on any atom is -0.444 e. The van der Waals surface area contributed by atoms with Gasteiger partial charge in [-0.25, -0.2) is 9.18 Å². The Morgan fingerprint density at radius 1 is 1.19 bits per heavy atom. The van der Waals surface area contributed by atoms with E-state index in [0.717, 1.165) is 5.56 Å². The number of non-ortho nitro benzene ring substituents is 1. The summed E-state index contributed by atoms with van der Waals surface area (Å²) in [5, 5.41) is 11.3. The fraction of sp³-hybridized carbons (Fsp3) is 0.316. The van der Waals surface area contributed by atoms with Crippen LogP contribution in [0.15, 0.2) is 36.4 Å². The first-order chi connectivity index (χ1) is 12.1. The standard InChI is InChI=1S/C19H19FN2O4/c1-19(2,3)26-18(23)21-10-13-8-15(22(24)25)9-16(17(13)11-21)12-4-6-14(20)7-5-12/h4-9H,10-11H2,1-3H3. The summed E-state index contributed by atoms with van der Waals surface area (Å²) < 4.78 is 18.6. The Bertz CT molecular complexity index is 872. The SMILES string of the molecule is CC(C)(C)OC(=O)N1Cc2cc([N+](=O)[O-])cc(-c3ccc(F)cc3)c2C1. The van der Waals surface area contributed by atoms with Gasteiger partial charge in [-0.3, -0.25) is 15.0 Å². The molecule has 1 amide bonds. The second-order valence-corrected chi connectivity index (χ2v) is 7.23. The number of carbonyl (C=O) groups excluding carboxylic acids is 1. The molecule has 7 heteroatoms. The van der Waals surface area contributed by atoms with Crippen molar-refractivity contribution in [2.45, 2.75) is 39.5 Å². The number of nitro groups is 1. The van der Waals surface area contributed by atoms with E-state index in [1.807, 2.05) is 0 Å². The number of ether oxygens (including phenoxy) is 1. The Labute approximate surface area is 150 Å². The summed E-state index contributed by atoms with van der Waals surface area (Å²) in [6.45, 7) is 5.86. The number of hydrogen-bond acceptors (Lipinski definition) is 4. The van der Waals surface area contributed by atoms with Gasteiger partial charge in [0.1, 0.15) is 11.4 Å². The Kier molecular flexibility index (Phi) is 4.39. The first kappa shape index (κ1) is 17.8. The van der Waals surface area contributed by atoms with E-state index in [4.69, 9.17) is 4.74 Å². The van der Waals surface area contributed by atoms with Crippen molar-refractivity contribution in [2.75, 3.05) is 0 Å². The third kappa shape index (κ3) is 3.66. The van der Waals surface area contributed by atoms with Crippen molar-refractivity contribution in [3.63, 3.8) is 0 Å². The molecule has 26 heavy (non-hydrogen) atoms. The third-order valence-electron chi connectivity index (χ3n) is 4.05. The third-order valence-corrected chi connectivity index (χ3v) is 4.05. The zero-order chi connectivity index (χ0) is 19.1. The number of hydrogen-bond donors (Lipinski definition) is 0. The maximum absolute atomic E-state index is 13.2. The topological polar surface area (TPSA) is 72.7 Å². The Hall–Kier alpha value is -2.96. The first-order valence-corrected chi connectivity index (χ1v) is 8.18. The number of fused-ring (bicyclic) bond motifs is 1. The molecule has 136 valence electrons. The van der Waals surface area contributed by atoms with Crippen LogP contribution >= 0.6 is 0 Å². The Morgan fingerprint density at radius 3 is 2.42 bits per heavy atom. The lowest BCUT2D eigenvalue weighted by Crippen LogP contribution is -2.33. The van der Waals surface area contributed by atoms with Crippen molar-refractivity contribution in [3.8, 4) is 11.1 Å². The van der Waals surface area contributed by atoms with Crippen LogP contribution in [0.3, 0.4) is 0 Å². The van der Waals surface area contributed by atoms with Crippen LogP contribution in [0.4, 0.5) is 14.9 Å². The maximum atomic E-state index is 13.2. The zero-order valence-corrected chi connectivity index (χ0v) is 14.8. The number of nitrogens with zero attached hydrogens (tertiary/aromatic N) is 2. The number of amides is 1. The van der Waals surface area contributed by atoms with Crippen LogP contribution < -0.4 is 0 Å². The molecule has 0 atom stereocenters. The van der Waals surface area contributed by atoms with Crippen molar-refractivity contribution >= 4 is 11.8 Å². The molecular weight excluding hydrogens is 339 g/mol. The fourth-order valence-electron chi connectivity index (χ4n) is 2.94. The predicted molar refractivity (Wildman–Crippen MR) is 94.0 cm³/mol. The summed E-state index contributed by atoms with van der Waals surface area (Å²) >= 11 is 0. The van der Waals surface area contributed by atoms with Gasteiger partial charge in [-0.15, -0.1) is 0 Å². The molecule has 0 spiro atoms. The van der Waals surface area contributed by atoms with Gasteiger partial charge >= 0.3 is 6.09 Å². The van der Waals surface area contributed by atoms with Crippen LogP contribution in [0, 0.1) is 15.9 Å². The first-order valence-electron chi connectivity index (χ1n) is 8.18. The van der Waals surface area contributed by atoms with Crippen molar-refractivity contribution < 1.29 is 18.8 Å². The molecule has 0 aliphatic carbocycles. The van der Waals surface area contributed by atoms with Gasteiger partial charge in [0.2, 0.25) is 0 Å². The van der Waals surface area contributed by atoms with Gasteiger partial charge in [-0.1, -0.05) is 12.1 Å². The van der Waals surface area contributed by atoms with Gasteiger partial charge in [0.15, 0.2) is 0 Å². The van der Waals surface area contributed by atoms with Gasteiger partial charge in [0.25, 0.3) is 5.69 Å². The van der Waals surface area contributed by atoms with Gasteiger partial charge < -0.3 is 4.74 Å². The Morgan fingerprint density at radius 2 is 1.85 bits per heavy atom. The van der Waals surface area contributed by atoms with Crippen molar-refractivity contribution in [2.24, 2.45) is 0 Å². The molecule has 1 aliphatic heterocycles. The highest BCUT2D eigenvalue weighted by atomic mass is 19.1. The molecule has 2 aromatic carbocycles. The normalized spacial score (nSPS) is 13.5. The molecule has 0 bridgehead atoms. The lowest BCUT2D eigenvalue weighted by atomic mass is 9.96. The predicted octanol–water partition coefficient (Wildman–Crippen LogP) is 4.65. The molecule has 1 aliphatic rings. The molecule has 0 N–H and O–H groups in total. The summed E-state index contributed by atoms with van der Waals surface area (Å²) in [6, 6.07) is 8.70. The van der Waals surface area contributed by atoms with E-state index in [0.29, 0.717) is 16.7 Å². The summed E-state index contributed by atoms with van der Waals surface area (Å²) in [5.74, 6) is -0.383. The average molecular weight is 358 g/mol. The highest BCUT2D eigenvalue weighted by molar-refractivity contribution is 5.76. The van der Waals surface area contributed by atoms with E-state index >= 15 is 0 Å². The van der Waals surface area contributed by atoms with E-state index < -0.39 is 16.6 Å². The van der Waals surface area contributed by atoms with E-state index in [9.17, 15) is 19.3 Å². The molecule has 0 fully saturated rings.